The number of likely N-dealkylation sites (tertiary alicyclic amines) is 1. The maximum Gasteiger partial charge on any atom is 0.422 e. The molecule has 1 aromatic heterocycles. The molecule has 1 atom stereocenters. The van der Waals surface area contributed by atoms with Crippen molar-refractivity contribution in [3.05, 3.63) is 23.5 Å². The van der Waals surface area contributed by atoms with E-state index in [0.29, 0.717) is 5.56 Å². The SMILES string of the molecule is CC(C)(C)C(CC(=O)c1cc(OCC(F)(F)F)c(C2CC2)cn1)C(=O)N1CC(F)(F)C1. The molecule has 1 saturated heterocycles. The number of carbonyl (C=O) groups excluding carboxylic acids is 2. The van der Waals surface area contributed by atoms with Gasteiger partial charge >= 0.3 is 6.18 Å². The van der Waals surface area contributed by atoms with Gasteiger partial charge in [-0.2, -0.15) is 13.2 Å². The number of ether oxygens (including phenoxy) is 1. The van der Waals surface area contributed by atoms with E-state index in [2.05, 4.69) is 4.98 Å². The lowest BCUT2D eigenvalue weighted by Gasteiger charge is -2.42. The van der Waals surface area contributed by atoms with E-state index >= 15 is 0 Å². The molecule has 0 aromatic carbocycles. The molecule has 2 aliphatic rings. The van der Waals surface area contributed by atoms with Gasteiger partial charge in [-0.1, -0.05) is 20.8 Å². The minimum Gasteiger partial charge on any atom is -0.484 e. The number of nitrogens with zero attached hydrogens (tertiary/aromatic N) is 2. The molecule has 3 rings (SSSR count). The molecule has 1 unspecified atom stereocenters. The van der Waals surface area contributed by atoms with Crippen LogP contribution in [0.25, 0.3) is 0 Å². The number of Topliss-reactive ketones (excluding diaryl/α,β-unsaturated/α-hetero) is 1. The first kappa shape index (κ1) is 23.4. The van der Waals surface area contributed by atoms with Crippen molar-refractivity contribution in [1.29, 1.82) is 0 Å². The summed E-state index contributed by atoms with van der Waals surface area (Å²) in [6, 6.07) is 1.18. The number of carbonyl (C=O) groups is 2. The van der Waals surface area contributed by atoms with Crippen LogP contribution in [0.15, 0.2) is 12.3 Å². The van der Waals surface area contributed by atoms with E-state index in [-0.39, 0.29) is 23.8 Å². The van der Waals surface area contributed by atoms with Crippen LogP contribution >= 0.6 is 0 Å². The fourth-order valence-electron chi connectivity index (χ4n) is 3.53. The summed E-state index contributed by atoms with van der Waals surface area (Å²) in [5.74, 6) is -4.89. The molecule has 31 heavy (non-hydrogen) atoms. The summed E-state index contributed by atoms with van der Waals surface area (Å²) >= 11 is 0. The first-order valence-electron chi connectivity index (χ1n) is 10.1. The van der Waals surface area contributed by atoms with Crippen molar-refractivity contribution in [3.63, 3.8) is 0 Å². The number of ketones is 1. The lowest BCUT2D eigenvalue weighted by Crippen LogP contribution is -2.60. The Morgan fingerprint density at radius 2 is 1.84 bits per heavy atom. The first-order chi connectivity index (χ1) is 14.2. The van der Waals surface area contributed by atoms with Gasteiger partial charge in [0.15, 0.2) is 12.4 Å². The Morgan fingerprint density at radius 1 is 1.23 bits per heavy atom. The molecular formula is C21H25F5N2O3. The van der Waals surface area contributed by atoms with Gasteiger partial charge in [-0.3, -0.25) is 14.6 Å². The van der Waals surface area contributed by atoms with Crippen LogP contribution in [0, 0.1) is 11.3 Å². The first-order valence-corrected chi connectivity index (χ1v) is 10.1. The van der Waals surface area contributed by atoms with E-state index in [1.54, 1.807) is 20.8 Å². The summed E-state index contributed by atoms with van der Waals surface area (Å²) in [4.78, 5) is 30.7. The highest BCUT2D eigenvalue weighted by molar-refractivity contribution is 5.97. The number of hydrogen-bond acceptors (Lipinski definition) is 4. The van der Waals surface area contributed by atoms with Crippen LogP contribution < -0.4 is 4.74 Å². The third-order valence-electron chi connectivity index (χ3n) is 5.48. The van der Waals surface area contributed by atoms with Crippen LogP contribution in [0.1, 0.15) is 62.0 Å². The maximum absolute atomic E-state index is 13.2. The highest BCUT2D eigenvalue weighted by Gasteiger charge is 2.49. The third kappa shape index (κ3) is 5.92. The van der Waals surface area contributed by atoms with E-state index in [9.17, 15) is 31.5 Å². The Morgan fingerprint density at radius 3 is 2.32 bits per heavy atom. The Kier molecular flexibility index (Phi) is 6.05. The minimum atomic E-state index is -4.53. The van der Waals surface area contributed by atoms with Crippen molar-refractivity contribution in [3.8, 4) is 5.75 Å². The summed E-state index contributed by atoms with van der Waals surface area (Å²) in [6.07, 6.45) is -1.87. The second-order valence-corrected chi connectivity index (χ2v) is 9.38. The highest BCUT2D eigenvalue weighted by Crippen LogP contribution is 2.44. The van der Waals surface area contributed by atoms with Gasteiger partial charge in [0.2, 0.25) is 5.91 Å². The van der Waals surface area contributed by atoms with E-state index in [4.69, 9.17) is 4.74 Å². The third-order valence-corrected chi connectivity index (χ3v) is 5.48. The molecule has 1 amide bonds. The van der Waals surface area contributed by atoms with Gasteiger partial charge in [-0.05, 0) is 24.2 Å². The summed E-state index contributed by atoms with van der Waals surface area (Å²) in [5, 5.41) is 0. The number of alkyl halides is 5. The van der Waals surface area contributed by atoms with Gasteiger partial charge in [-0.25, -0.2) is 8.78 Å². The number of amides is 1. The van der Waals surface area contributed by atoms with Crippen LogP contribution in [0.3, 0.4) is 0 Å². The highest BCUT2D eigenvalue weighted by atomic mass is 19.4. The average Bonchev–Trinajstić information content (AvgIpc) is 3.44. The van der Waals surface area contributed by atoms with Gasteiger partial charge in [-0.15, -0.1) is 0 Å². The molecule has 0 radical (unpaired) electrons. The zero-order valence-corrected chi connectivity index (χ0v) is 17.6. The van der Waals surface area contributed by atoms with Gasteiger partial charge in [0.1, 0.15) is 11.4 Å². The molecule has 1 aliphatic heterocycles. The van der Waals surface area contributed by atoms with Crippen molar-refractivity contribution >= 4 is 11.7 Å². The van der Waals surface area contributed by atoms with Crippen molar-refractivity contribution in [2.75, 3.05) is 19.7 Å². The second kappa shape index (κ2) is 8.02. The van der Waals surface area contributed by atoms with E-state index in [0.717, 1.165) is 17.7 Å². The average molecular weight is 448 g/mol. The Bertz CT molecular complexity index is 852. The Hall–Kier alpha value is -2.26. The molecule has 2 fully saturated rings. The van der Waals surface area contributed by atoms with Gasteiger partial charge in [0.05, 0.1) is 19.0 Å². The van der Waals surface area contributed by atoms with Crippen molar-refractivity contribution in [2.45, 2.75) is 58.1 Å². The minimum absolute atomic E-state index is 0.0424. The number of aromatic nitrogens is 1. The second-order valence-electron chi connectivity index (χ2n) is 9.38. The molecule has 0 spiro atoms. The summed E-state index contributed by atoms with van der Waals surface area (Å²) in [7, 11) is 0. The lowest BCUT2D eigenvalue weighted by molar-refractivity contribution is -0.172. The summed E-state index contributed by atoms with van der Waals surface area (Å²) in [5.41, 5.74) is -0.286. The fourth-order valence-corrected chi connectivity index (χ4v) is 3.53. The number of pyridine rings is 1. The number of hydrogen-bond donors (Lipinski definition) is 0. The van der Waals surface area contributed by atoms with Crippen LogP contribution in [-0.4, -0.2) is 53.4 Å². The van der Waals surface area contributed by atoms with Gasteiger partial charge in [0.25, 0.3) is 5.92 Å². The summed E-state index contributed by atoms with van der Waals surface area (Å²) < 4.78 is 69.1. The largest absolute Gasteiger partial charge is 0.484 e. The predicted molar refractivity (Wildman–Crippen MR) is 101 cm³/mol. The van der Waals surface area contributed by atoms with Crippen molar-refractivity contribution < 1.29 is 36.3 Å². The number of rotatable bonds is 7. The van der Waals surface area contributed by atoms with Gasteiger partial charge < -0.3 is 9.64 Å². The molecule has 172 valence electrons. The zero-order chi connectivity index (χ0) is 23.2. The lowest BCUT2D eigenvalue weighted by atomic mass is 9.76. The topological polar surface area (TPSA) is 59.5 Å². The molecule has 1 aliphatic carbocycles. The van der Waals surface area contributed by atoms with Crippen LogP contribution in [0.4, 0.5) is 22.0 Å². The molecule has 0 bridgehead atoms. The predicted octanol–water partition coefficient (Wildman–Crippen LogP) is 4.61. The van der Waals surface area contributed by atoms with E-state index in [1.807, 2.05) is 0 Å². The molecule has 0 N–H and O–H groups in total. The van der Waals surface area contributed by atoms with E-state index in [1.165, 1.54) is 12.3 Å². The Labute approximate surface area is 177 Å². The fraction of sp³-hybridized carbons (Fsp3) is 0.667. The number of halogens is 5. The monoisotopic (exact) mass is 448 g/mol. The molecule has 10 heteroatoms. The maximum atomic E-state index is 13.2. The van der Waals surface area contributed by atoms with Crippen molar-refractivity contribution in [2.24, 2.45) is 11.3 Å². The quantitative estimate of drug-likeness (QED) is 0.452. The molecule has 1 saturated carbocycles. The van der Waals surface area contributed by atoms with Crippen molar-refractivity contribution in [1.82, 2.24) is 9.88 Å². The standard InChI is InChI=1S/C21H25F5N2O3/c1-19(2,3)14(18(30)28-9-20(22,23)10-28)6-16(29)15-7-17(31-11-21(24,25)26)13(8-27-15)12-4-5-12/h7-8,12,14H,4-6,9-11H2,1-3H3. The van der Waals surface area contributed by atoms with Crippen LogP contribution in [0.5, 0.6) is 5.75 Å². The molecule has 1 aromatic rings. The van der Waals surface area contributed by atoms with E-state index < -0.39 is 54.8 Å². The molecule has 5 nitrogen and oxygen atoms in total. The zero-order valence-electron chi connectivity index (χ0n) is 17.6. The molecular weight excluding hydrogens is 423 g/mol. The smallest absolute Gasteiger partial charge is 0.422 e. The summed E-state index contributed by atoms with van der Waals surface area (Å²) in [6.45, 7) is 2.32. The van der Waals surface area contributed by atoms with Gasteiger partial charge in [0, 0.05) is 24.2 Å². The normalized spacial score (nSPS) is 19.5. The Balaban J connectivity index is 1.77. The van der Waals surface area contributed by atoms with Crippen LogP contribution in [-0.2, 0) is 4.79 Å². The molecule has 2 heterocycles. The van der Waals surface area contributed by atoms with Crippen LogP contribution in [0.2, 0.25) is 0 Å².